The van der Waals surface area contributed by atoms with Crippen molar-refractivity contribution in [2.75, 3.05) is 4.72 Å². The van der Waals surface area contributed by atoms with Crippen molar-refractivity contribution in [2.45, 2.75) is 49.7 Å². The number of carbonyl (C=O) groups is 1. The van der Waals surface area contributed by atoms with Gasteiger partial charge >= 0.3 is 6.18 Å². The Morgan fingerprint density at radius 1 is 0.958 bits per heavy atom. The summed E-state index contributed by atoms with van der Waals surface area (Å²) in [5.41, 5.74) is 2.34. The molecular weight excluding hydrogens is 658 g/mol. The number of nitrogens with one attached hydrogen (secondary N) is 2. The fourth-order valence-electron chi connectivity index (χ4n) is 5.52. The van der Waals surface area contributed by atoms with E-state index < -0.39 is 11.7 Å². The number of benzene rings is 3. The lowest BCUT2D eigenvalue weighted by Gasteiger charge is -2.20. The van der Waals surface area contributed by atoms with Crippen LogP contribution < -0.4 is 14.8 Å². The normalized spacial score (nSPS) is 13.5. The van der Waals surface area contributed by atoms with Gasteiger partial charge in [-0.3, -0.25) is 9.78 Å². The molecule has 1 aliphatic rings. The first-order chi connectivity index (χ1) is 23.3. The number of hydrogen-bond acceptors (Lipinski definition) is 9. The van der Waals surface area contributed by atoms with Crippen molar-refractivity contribution < 1.29 is 22.7 Å². The van der Waals surface area contributed by atoms with Gasteiger partial charge in [-0.05, 0) is 96.1 Å². The second kappa shape index (κ2) is 14.9. The third-order valence-corrected chi connectivity index (χ3v) is 9.45. The molecule has 0 saturated heterocycles. The van der Waals surface area contributed by atoms with Crippen LogP contribution in [0.3, 0.4) is 0 Å². The minimum atomic E-state index is -4.49. The van der Waals surface area contributed by atoms with Gasteiger partial charge in [-0.1, -0.05) is 37.5 Å². The fraction of sp³-hybridized carbons (Fsp3) is 0.229. The Hall–Kier alpha value is -4.93. The van der Waals surface area contributed by atoms with Crippen LogP contribution in [0, 0.1) is 17.2 Å². The smallest absolute Gasteiger partial charge is 0.416 e. The Morgan fingerprint density at radius 2 is 1.77 bits per heavy atom. The highest BCUT2D eigenvalue weighted by Crippen LogP contribution is 2.40. The van der Waals surface area contributed by atoms with Crippen LogP contribution in [0.25, 0.3) is 22.3 Å². The molecule has 8 nitrogen and oxygen atoms in total. The lowest BCUT2D eigenvalue weighted by atomic mass is 9.89. The minimum Gasteiger partial charge on any atom is -0.455 e. The van der Waals surface area contributed by atoms with Crippen molar-refractivity contribution >= 4 is 34.5 Å². The minimum absolute atomic E-state index is 0.00495. The second-order valence-electron chi connectivity index (χ2n) is 11.2. The molecule has 1 saturated carbocycles. The quantitative estimate of drug-likeness (QED) is 0.140. The molecule has 13 heteroatoms. The molecule has 5 aromatic rings. The number of nitrogens with zero attached hydrogens (tertiary/aromatic N) is 4. The van der Waals surface area contributed by atoms with Gasteiger partial charge in [0.2, 0.25) is 11.0 Å². The van der Waals surface area contributed by atoms with Gasteiger partial charge in [0.1, 0.15) is 23.9 Å². The van der Waals surface area contributed by atoms with E-state index in [1.165, 1.54) is 35.9 Å². The second-order valence-corrected chi connectivity index (χ2v) is 12.9. The maximum Gasteiger partial charge on any atom is 0.416 e. The average molecular weight is 687 g/mol. The molecular formula is C35H29F3N6O2S2. The van der Waals surface area contributed by atoms with Gasteiger partial charge in [0, 0.05) is 34.1 Å². The van der Waals surface area contributed by atoms with Gasteiger partial charge in [0.15, 0.2) is 0 Å². The molecule has 0 unspecified atom stereocenters. The summed E-state index contributed by atoms with van der Waals surface area (Å²) in [6.07, 6.45) is 3.59. The molecule has 1 aliphatic carbocycles. The number of anilines is 1. The highest BCUT2D eigenvalue weighted by molar-refractivity contribution is 8.00. The third-order valence-electron chi connectivity index (χ3n) is 7.96. The number of rotatable bonds is 10. The number of aromatic nitrogens is 3. The zero-order valence-corrected chi connectivity index (χ0v) is 27.1. The Kier molecular flexibility index (Phi) is 10.2. The molecule has 2 heterocycles. The summed E-state index contributed by atoms with van der Waals surface area (Å²) in [5, 5.41) is 13.6. The van der Waals surface area contributed by atoms with Gasteiger partial charge in [0.25, 0.3) is 0 Å². The zero-order chi connectivity index (χ0) is 33.5. The SMILES string of the molecule is N#Cc1cc(SNc2ncns2)ccc1Oc1ccc(-c2cccc(C(F)(F)F)c2)cc1-c1ccnc(CNC(=O)C2CCCCC2)c1. The summed E-state index contributed by atoms with van der Waals surface area (Å²) in [6, 6.07) is 21.2. The average Bonchev–Trinajstić information content (AvgIpc) is 3.64. The lowest BCUT2D eigenvalue weighted by molar-refractivity contribution is -0.137. The van der Waals surface area contributed by atoms with E-state index in [2.05, 4.69) is 30.4 Å². The van der Waals surface area contributed by atoms with Crippen LogP contribution >= 0.6 is 23.5 Å². The molecule has 2 aromatic heterocycles. The molecule has 1 amide bonds. The van der Waals surface area contributed by atoms with Crippen LogP contribution in [0.1, 0.15) is 48.9 Å². The number of amides is 1. The molecule has 2 N–H and O–H groups in total. The molecule has 6 rings (SSSR count). The number of carbonyl (C=O) groups excluding carboxylic acids is 1. The predicted molar refractivity (Wildman–Crippen MR) is 179 cm³/mol. The predicted octanol–water partition coefficient (Wildman–Crippen LogP) is 9.27. The van der Waals surface area contributed by atoms with E-state index in [4.69, 9.17) is 4.74 Å². The molecule has 0 atom stereocenters. The molecule has 244 valence electrons. The van der Waals surface area contributed by atoms with Crippen LogP contribution in [0.2, 0.25) is 0 Å². The summed E-state index contributed by atoms with van der Waals surface area (Å²) in [4.78, 5) is 22.1. The van der Waals surface area contributed by atoms with Gasteiger partial charge in [-0.25, -0.2) is 4.98 Å². The molecule has 0 radical (unpaired) electrons. The summed E-state index contributed by atoms with van der Waals surface area (Å²) in [7, 11) is 0. The highest BCUT2D eigenvalue weighted by atomic mass is 32.2. The Bertz CT molecular complexity index is 1940. The Labute approximate surface area is 283 Å². The molecule has 1 fully saturated rings. The largest absolute Gasteiger partial charge is 0.455 e. The van der Waals surface area contributed by atoms with Crippen molar-refractivity contribution in [1.29, 1.82) is 5.26 Å². The van der Waals surface area contributed by atoms with Crippen LogP contribution in [0.4, 0.5) is 18.3 Å². The first-order valence-corrected chi connectivity index (χ1v) is 16.8. The van der Waals surface area contributed by atoms with E-state index in [0.717, 1.165) is 49.1 Å². The maximum absolute atomic E-state index is 13.6. The van der Waals surface area contributed by atoms with Crippen LogP contribution in [-0.2, 0) is 17.5 Å². The van der Waals surface area contributed by atoms with E-state index in [1.807, 2.05) is 6.07 Å². The van der Waals surface area contributed by atoms with E-state index in [1.54, 1.807) is 54.7 Å². The number of hydrogen-bond donors (Lipinski definition) is 2. The number of halogens is 3. The lowest BCUT2D eigenvalue weighted by Crippen LogP contribution is -2.31. The summed E-state index contributed by atoms with van der Waals surface area (Å²) in [5.74, 6) is 0.713. The summed E-state index contributed by atoms with van der Waals surface area (Å²) < 4.78 is 54.0. The van der Waals surface area contributed by atoms with Crippen LogP contribution in [0.15, 0.2) is 90.2 Å². The Balaban J connectivity index is 1.31. The van der Waals surface area contributed by atoms with Crippen molar-refractivity contribution in [1.82, 2.24) is 19.7 Å². The van der Waals surface area contributed by atoms with E-state index in [9.17, 15) is 23.2 Å². The summed E-state index contributed by atoms with van der Waals surface area (Å²) in [6.45, 7) is 0.232. The van der Waals surface area contributed by atoms with Crippen LogP contribution in [0.5, 0.6) is 11.5 Å². The molecule has 0 spiro atoms. The maximum atomic E-state index is 13.6. The standard InChI is InChI=1S/C35H29F3N6O2S2/c36-35(37,38)27-8-4-7-23(15-27)24-9-11-32(46-31-12-10-29(17-26(31)19-39)47-44-34-42-21-43-48-34)30(18-24)25-13-14-40-28(16-25)20-41-33(45)22-5-2-1-3-6-22/h4,7-18,21-22H,1-3,5-6,20H2,(H,41,45)(H,42,43,44). The van der Waals surface area contributed by atoms with E-state index >= 15 is 0 Å². The van der Waals surface area contributed by atoms with Gasteiger partial charge in [0.05, 0.1) is 23.4 Å². The monoisotopic (exact) mass is 686 g/mol. The van der Waals surface area contributed by atoms with Crippen molar-refractivity contribution in [2.24, 2.45) is 5.92 Å². The van der Waals surface area contributed by atoms with E-state index in [0.29, 0.717) is 44.6 Å². The number of alkyl halides is 3. The molecule has 48 heavy (non-hydrogen) atoms. The van der Waals surface area contributed by atoms with Crippen LogP contribution in [-0.4, -0.2) is 20.2 Å². The highest BCUT2D eigenvalue weighted by Gasteiger charge is 2.30. The van der Waals surface area contributed by atoms with Crippen molar-refractivity contribution in [3.8, 4) is 39.8 Å². The molecule has 0 aliphatic heterocycles. The molecule has 3 aromatic carbocycles. The first kappa shape index (κ1) is 33.0. The topological polar surface area (TPSA) is 113 Å². The van der Waals surface area contributed by atoms with Gasteiger partial charge < -0.3 is 14.8 Å². The van der Waals surface area contributed by atoms with Crippen molar-refractivity contribution in [3.05, 3.63) is 102 Å². The van der Waals surface area contributed by atoms with E-state index in [-0.39, 0.29) is 23.9 Å². The zero-order valence-electron chi connectivity index (χ0n) is 25.5. The Morgan fingerprint density at radius 3 is 2.54 bits per heavy atom. The fourth-order valence-corrected chi connectivity index (χ4v) is 6.65. The first-order valence-electron chi connectivity index (χ1n) is 15.2. The number of ether oxygens (including phenoxy) is 1. The van der Waals surface area contributed by atoms with Gasteiger partial charge in [-0.15, -0.1) is 0 Å². The number of nitriles is 1. The van der Waals surface area contributed by atoms with Gasteiger partial charge in [-0.2, -0.15) is 22.8 Å². The summed E-state index contributed by atoms with van der Waals surface area (Å²) >= 11 is 2.48. The third kappa shape index (κ3) is 8.13. The molecule has 0 bridgehead atoms. The number of pyridine rings is 1. The van der Waals surface area contributed by atoms with Crippen molar-refractivity contribution in [3.63, 3.8) is 0 Å².